The minimum absolute atomic E-state index is 0.290. The SMILES string of the molecule is CC1(C)C(N(O)C(=O)Nc2cccc(Cl)c2)N(c2cccc(Cl)c2)C(=O)N1CC(=O)O. The van der Waals surface area contributed by atoms with E-state index in [0.29, 0.717) is 20.8 Å². The van der Waals surface area contributed by atoms with Crippen LogP contribution >= 0.6 is 23.2 Å². The van der Waals surface area contributed by atoms with Gasteiger partial charge in [-0.2, -0.15) is 5.06 Å². The summed E-state index contributed by atoms with van der Waals surface area (Å²) >= 11 is 12.0. The fourth-order valence-corrected chi connectivity index (χ4v) is 3.86. The van der Waals surface area contributed by atoms with Crippen LogP contribution in [0.4, 0.5) is 21.0 Å². The van der Waals surface area contributed by atoms with Crippen LogP contribution in [0.3, 0.4) is 0 Å². The van der Waals surface area contributed by atoms with Crippen LogP contribution in [-0.4, -0.2) is 56.6 Å². The Labute approximate surface area is 188 Å². The van der Waals surface area contributed by atoms with E-state index in [-0.39, 0.29) is 5.69 Å². The highest BCUT2D eigenvalue weighted by atomic mass is 35.5. The lowest BCUT2D eigenvalue weighted by atomic mass is 10.00. The molecule has 2 aromatic carbocycles. The lowest BCUT2D eigenvalue weighted by Crippen LogP contribution is -2.58. The fourth-order valence-electron chi connectivity index (χ4n) is 3.49. The normalized spacial score (nSPS) is 17.6. The molecule has 0 saturated carbocycles. The van der Waals surface area contributed by atoms with E-state index >= 15 is 0 Å². The standard InChI is InChI=1S/C20H20Cl2N4O5/c1-20(2)17(26(31)18(29)23-14-7-3-5-12(21)9-14)25(15-8-4-6-13(22)10-15)19(30)24(20)11-16(27)28/h3-10,17,31H,11H2,1-2H3,(H,23,29)(H,27,28). The number of carboxylic acids is 1. The number of carbonyl (C=O) groups excluding carboxylic acids is 2. The highest BCUT2D eigenvalue weighted by molar-refractivity contribution is 6.31. The summed E-state index contributed by atoms with van der Waals surface area (Å²) in [7, 11) is 0. The van der Waals surface area contributed by atoms with Crippen molar-refractivity contribution in [1.82, 2.24) is 9.96 Å². The van der Waals surface area contributed by atoms with Crippen LogP contribution in [0.15, 0.2) is 48.5 Å². The summed E-state index contributed by atoms with van der Waals surface area (Å²) in [6, 6.07) is 10.9. The molecule has 1 fully saturated rings. The number of amides is 4. The molecule has 0 aliphatic carbocycles. The van der Waals surface area contributed by atoms with Gasteiger partial charge in [-0.3, -0.25) is 14.9 Å². The summed E-state index contributed by atoms with van der Waals surface area (Å²) < 4.78 is 0. The highest BCUT2D eigenvalue weighted by Gasteiger charge is 2.56. The van der Waals surface area contributed by atoms with Gasteiger partial charge < -0.3 is 15.3 Å². The number of hydrogen-bond donors (Lipinski definition) is 3. The summed E-state index contributed by atoms with van der Waals surface area (Å²) in [5.74, 6) is -1.24. The van der Waals surface area contributed by atoms with Crippen LogP contribution in [0.25, 0.3) is 0 Å². The number of aliphatic carboxylic acids is 1. The highest BCUT2D eigenvalue weighted by Crippen LogP contribution is 2.38. The van der Waals surface area contributed by atoms with Gasteiger partial charge in [0.05, 0.1) is 5.54 Å². The van der Waals surface area contributed by atoms with E-state index in [9.17, 15) is 24.7 Å². The predicted molar refractivity (Wildman–Crippen MR) is 116 cm³/mol. The van der Waals surface area contributed by atoms with E-state index in [1.807, 2.05) is 0 Å². The van der Waals surface area contributed by atoms with Gasteiger partial charge in [0, 0.05) is 21.4 Å². The second kappa shape index (κ2) is 8.62. The summed E-state index contributed by atoms with van der Waals surface area (Å²) in [6.45, 7) is 2.49. The van der Waals surface area contributed by atoms with E-state index in [0.717, 1.165) is 9.80 Å². The van der Waals surface area contributed by atoms with Gasteiger partial charge in [-0.1, -0.05) is 35.3 Å². The van der Waals surface area contributed by atoms with Gasteiger partial charge in [0.15, 0.2) is 6.17 Å². The molecule has 9 nitrogen and oxygen atoms in total. The number of halogens is 2. The number of nitrogens with one attached hydrogen (secondary N) is 1. The third kappa shape index (κ3) is 4.53. The molecule has 1 aliphatic rings. The number of anilines is 2. The molecular formula is C20H20Cl2N4O5. The number of carboxylic acid groups (broad SMARTS) is 1. The number of hydroxylamine groups is 2. The van der Waals surface area contributed by atoms with Gasteiger partial charge in [0.1, 0.15) is 6.54 Å². The van der Waals surface area contributed by atoms with E-state index in [1.54, 1.807) is 50.2 Å². The minimum Gasteiger partial charge on any atom is -0.480 e. The quantitative estimate of drug-likeness (QED) is 0.447. The van der Waals surface area contributed by atoms with Crippen molar-refractivity contribution in [3.63, 3.8) is 0 Å². The molecular weight excluding hydrogens is 447 g/mol. The van der Waals surface area contributed by atoms with Crippen molar-refractivity contribution >= 4 is 52.6 Å². The zero-order valence-corrected chi connectivity index (χ0v) is 18.1. The molecule has 11 heteroatoms. The van der Waals surface area contributed by atoms with Gasteiger partial charge in [0.25, 0.3) is 0 Å². The summed E-state index contributed by atoms with van der Waals surface area (Å²) in [6.07, 6.45) is -1.27. The van der Waals surface area contributed by atoms with E-state index in [1.165, 1.54) is 12.1 Å². The van der Waals surface area contributed by atoms with Crippen molar-refractivity contribution in [2.45, 2.75) is 25.6 Å². The Balaban J connectivity index is 2.00. The Morgan fingerprint density at radius 3 is 2.32 bits per heavy atom. The summed E-state index contributed by atoms with van der Waals surface area (Å²) in [5, 5.41) is 23.7. The Morgan fingerprint density at radius 1 is 1.13 bits per heavy atom. The maximum absolute atomic E-state index is 13.2. The third-order valence-corrected chi connectivity index (χ3v) is 5.37. The first-order valence-electron chi connectivity index (χ1n) is 9.15. The Bertz CT molecular complexity index is 1030. The number of hydrogen-bond acceptors (Lipinski definition) is 4. The van der Waals surface area contributed by atoms with Crippen LogP contribution in [0.5, 0.6) is 0 Å². The lowest BCUT2D eigenvalue weighted by Gasteiger charge is -2.38. The molecule has 1 atom stereocenters. The molecule has 1 unspecified atom stereocenters. The Kier molecular flexibility index (Phi) is 6.30. The van der Waals surface area contributed by atoms with Gasteiger partial charge >= 0.3 is 18.0 Å². The second-order valence-corrected chi connectivity index (χ2v) is 8.30. The second-order valence-electron chi connectivity index (χ2n) is 7.42. The smallest absolute Gasteiger partial charge is 0.347 e. The average Bonchev–Trinajstić information content (AvgIpc) is 2.87. The molecule has 31 heavy (non-hydrogen) atoms. The van der Waals surface area contributed by atoms with Crippen LogP contribution in [0.1, 0.15) is 13.8 Å². The number of benzene rings is 2. The first kappa shape index (κ1) is 22.7. The van der Waals surface area contributed by atoms with Gasteiger partial charge in [-0.15, -0.1) is 0 Å². The van der Waals surface area contributed by atoms with Crippen molar-refractivity contribution < 1.29 is 24.7 Å². The summed E-state index contributed by atoms with van der Waals surface area (Å²) in [5.41, 5.74) is -0.661. The van der Waals surface area contributed by atoms with Crippen molar-refractivity contribution in [1.29, 1.82) is 0 Å². The fraction of sp³-hybridized carbons (Fsp3) is 0.250. The van der Waals surface area contributed by atoms with Crippen molar-refractivity contribution in [2.75, 3.05) is 16.8 Å². The molecule has 0 aromatic heterocycles. The Morgan fingerprint density at radius 2 is 1.74 bits per heavy atom. The number of rotatable bonds is 5. The van der Waals surface area contributed by atoms with Gasteiger partial charge in [0.2, 0.25) is 0 Å². The molecule has 0 bridgehead atoms. The molecule has 164 valence electrons. The van der Waals surface area contributed by atoms with E-state index < -0.39 is 36.3 Å². The topological polar surface area (TPSA) is 113 Å². The third-order valence-electron chi connectivity index (χ3n) is 4.90. The van der Waals surface area contributed by atoms with Gasteiger partial charge in [-0.05, 0) is 50.2 Å². The number of urea groups is 2. The van der Waals surface area contributed by atoms with E-state index in [4.69, 9.17) is 23.2 Å². The van der Waals surface area contributed by atoms with Crippen molar-refractivity contribution in [3.8, 4) is 0 Å². The predicted octanol–water partition coefficient (Wildman–Crippen LogP) is 4.35. The first-order valence-corrected chi connectivity index (χ1v) is 9.91. The molecule has 0 radical (unpaired) electrons. The Hall–Kier alpha value is -3.01. The molecule has 3 rings (SSSR count). The number of carbonyl (C=O) groups is 3. The minimum atomic E-state index is -1.28. The summed E-state index contributed by atoms with van der Waals surface area (Å²) in [4.78, 5) is 39.5. The zero-order valence-electron chi connectivity index (χ0n) is 16.6. The molecule has 1 saturated heterocycles. The molecule has 3 N–H and O–H groups in total. The maximum atomic E-state index is 13.2. The van der Waals surface area contributed by atoms with Crippen molar-refractivity contribution in [2.24, 2.45) is 0 Å². The van der Waals surface area contributed by atoms with Crippen LogP contribution in [-0.2, 0) is 4.79 Å². The zero-order chi connectivity index (χ0) is 22.9. The van der Waals surface area contributed by atoms with Gasteiger partial charge in [-0.25, -0.2) is 9.59 Å². The molecule has 0 spiro atoms. The lowest BCUT2D eigenvalue weighted by molar-refractivity contribution is -0.140. The average molecular weight is 467 g/mol. The van der Waals surface area contributed by atoms with Crippen LogP contribution in [0.2, 0.25) is 10.0 Å². The van der Waals surface area contributed by atoms with Crippen LogP contribution in [0, 0.1) is 0 Å². The maximum Gasteiger partial charge on any atom is 0.347 e. The first-order chi connectivity index (χ1) is 14.5. The molecule has 1 aliphatic heterocycles. The number of nitrogens with zero attached hydrogens (tertiary/aromatic N) is 3. The van der Waals surface area contributed by atoms with Crippen LogP contribution < -0.4 is 10.2 Å². The monoisotopic (exact) mass is 466 g/mol. The largest absolute Gasteiger partial charge is 0.480 e. The molecule has 4 amide bonds. The molecule has 1 heterocycles. The van der Waals surface area contributed by atoms with Crippen molar-refractivity contribution in [3.05, 3.63) is 58.6 Å². The molecule has 2 aromatic rings. The van der Waals surface area contributed by atoms with E-state index in [2.05, 4.69) is 5.32 Å².